The number of carbonyl (C=O) groups is 1. The topological polar surface area (TPSA) is 35.5 Å². The number of benzene rings is 2. The van der Waals surface area contributed by atoms with E-state index in [-0.39, 0.29) is 5.78 Å². The van der Waals surface area contributed by atoms with Gasteiger partial charge < -0.3 is 9.47 Å². The molecule has 0 saturated carbocycles. The van der Waals surface area contributed by atoms with Gasteiger partial charge in [0, 0.05) is 12.0 Å². The van der Waals surface area contributed by atoms with E-state index in [9.17, 15) is 4.79 Å². The molecule has 2 aromatic carbocycles. The summed E-state index contributed by atoms with van der Waals surface area (Å²) in [6, 6.07) is 11.9. The van der Waals surface area contributed by atoms with Crippen molar-refractivity contribution in [3.63, 3.8) is 0 Å². The Morgan fingerprint density at radius 3 is 2.55 bits per heavy atom. The van der Waals surface area contributed by atoms with Gasteiger partial charge in [-0.15, -0.1) is 0 Å². The molecule has 0 amide bonds. The maximum atomic E-state index is 11.8. The molecule has 1 heterocycles. The molecule has 0 fully saturated rings. The molecule has 0 spiro atoms. The Morgan fingerprint density at radius 2 is 1.65 bits per heavy atom. The largest absolute Gasteiger partial charge is 0.486 e. The second-order valence-corrected chi connectivity index (χ2v) is 5.11. The summed E-state index contributed by atoms with van der Waals surface area (Å²) >= 11 is 0. The molecule has 100 valence electrons. The van der Waals surface area contributed by atoms with Crippen LogP contribution in [0.4, 0.5) is 0 Å². The quantitative estimate of drug-likeness (QED) is 0.794. The number of hydrogen-bond donors (Lipinski definition) is 0. The van der Waals surface area contributed by atoms with Gasteiger partial charge in [-0.05, 0) is 35.2 Å². The third kappa shape index (κ3) is 1.70. The normalized spacial score (nSPS) is 16.1. The first-order valence-electron chi connectivity index (χ1n) is 6.88. The average Bonchev–Trinajstić information content (AvgIpc) is 2.88. The third-order valence-corrected chi connectivity index (χ3v) is 3.93. The average molecular weight is 266 g/mol. The Hall–Kier alpha value is -2.29. The van der Waals surface area contributed by atoms with E-state index >= 15 is 0 Å². The van der Waals surface area contributed by atoms with Crippen LogP contribution in [0.3, 0.4) is 0 Å². The Labute approximate surface area is 117 Å². The molecule has 1 aliphatic heterocycles. The maximum Gasteiger partial charge on any atom is 0.163 e. The lowest BCUT2D eigenvalue weighted by Gasteiger charge is -2.19. The van der Waals surface area contributed by atoms with Crippen molar-refractivity contribution in [2.75, 3.05) is 13.2 Å². The minimum absolute atomic E-state index is 0.249. The SMILES string of the molecule is O=C1CCc2c1cccc2-c1ccc2c(c1)OCCO2. The molecule has 2 aromatic rings. The lowest BCUT2D eigenvalue weighted by atomic mass is 9.96. The summed E-state index contributed by atoms with van der Waals surface area (Å²) in [7, 11) is 0. The summed E-state index contributed by atoms with van der Waals surface area (Å²) in [6.45, 7) is 1.18. The van der Waals surface area contributed by atoms with E-state index < -0.39 is 0 Å². The first kappa shape index (κ1) is 11.5. The second-order valence-electron chi connectivity index (χ2n) is 5.11. The first-order chi connectivity index (χ1) is 9.83. The molecular weight excluding hydrogens is 252 g/mol. The van der Waals surface area contributed by atoms with Gasteiger partial charge in [0.2, 0.25) is 0 Å². The van der Waals surface area contributed by atoms with Gasteiger partial charge in [-0.2, -0.15) is 0 Å². The van der Waals surface area contributed by atoms with Gasteiger partial charge in [0.05, 0.1) is 0 Å². The molecule has 0 N–H and O–H groups in total. The van der Waals surface area contributed by atoms with Crippen LogP contribution in [0.5, 0.6) is 11.5 Å². The highest BCUT2D eigenvalue weighted by atomic mass is 16.6. The molecule has 0 unspecified atom stereocenters. The predicted molar refractivity (Wildman–Crippen MR) is 75.5 cm³/mol. The lowest BCUT2D eigenvalue weighted by Crippen LogP contribution is -2.15. The van der Waals surface area contributed by atoms with Gasteiger partial charge in [-0.25, -0.2) is 0 Å². The predicted octanol–water partition coefficient (Wildman–Crippen LogP) is 3.25. The van der Waals surface area contributed by atoms with Crippen LogP contribution in [0.2, 0.25) is 0 Å². The van der Waals surface area contributed by atoms with E-state index in [2.05, 4.69) is 6.07 Å². The monoisotopic (exact) mass is 266 g/mol. The maximum absolute atomic E-state index is 11.8. The molecule has 0 bridgehead atoms. The van der Waals surface area contributed by atoms with Crippen molar-refractivity contribution < 1.29 is 14.3 Å². The standard InChI is InChI=1S/C17H14O3/c18-15-6-5-13-12(2-1-3-14(13)15)11-4-7-16-17(10-11)20-9-8-19-16/h1-4,7,10H,5-6,8-9H2. The summed E-state index contributed by atoms with van der Waals surface area (Å²) in [5.41, 5.74) is 4.25. The lowest BCUT2D eigenvalue weighted by molar-refractivity contribution is 0.0994. The van der Waals surface area contributed by atoms with Gasteiger partial charge in [-0.3, -0.25) is 4.79 Å². The minimum Gasteiger partial charge on any atom is -0.486 e. The molecular formula is C17H14O3. The van der Waals surface area contributed by atoms with Crippen molar-refractivity contribution in [3.8, 4) is 22.6 Å². The second kappa shape index (κ2) is 4.37. The Bertz CT molecular complexity index is 703. The van der Waals surface area contributed by atoms with Crippen LogP contribution in [-0.4, -0.2) is 19.0 Å². The van der Waals surface area contributed by atoms with Crippen molar-refractivity contribution in [3.05, 3.63) is 47.5 Å². The molecule has 0 radical (unpaired) electrons. The van der Waals surface area contributed by atoms with E-state index in [1.807, 2.05) is 30.3 Å². The summed E-state index contributed by atoms with van der Waals surface area (Å²) in [4.78, 5) is 11.8. The zero-order chi connectivity index (χ0) is 13.5. The molecule has 3 heteroatoms. The summed E-state index contributed by atoms with van der Waals surface area (Å²) in [5, 5.41) is 0. The summed E-state index contributed by atoms with van der Waals surface area (Å²) in [6.07, 6.45) is 1.45. The minimum atomic E-state index is 0.249. The zero-order valence-corrected chi connectivity index (χ0v) is 11.0. The molecule has 20 heavy (non-hydrogen) atoms. The Balaban J connectivity index is 1.84. The fourth-order valence-electron chi connectivity index (χ4n) is 2.97. The van der Waals surface area contributed by atoms with E-state index in [4.69, 9.17) is 9.47 Å². The molecule has 0 saturated heterocycles. The molecule has 4 rings (SSSR count). The van der Waals surface area contributed by atoms with Crippen LogP contribution in [0.1, 0.15) is 22.3 Å². The van der Waals surface area contributed by atoms with E-state index in [0.29, 0.717) is 19.6 Å². The Kier molecular flexibility index (Phi) is 2.52. The van der Waals surface area contributed by atoms with Crippen molar-refractivity contribution >= 4 is 5.78 Å². The number of rotatable bonds is 1. The number of fused-ring (bicyclic) bond motifs is 2. The highest BCUT2D eigenvalue weighted by Gasteiger charge is 2.23. The summed E-state index contributed by atoms with van der Waals surface area (Å²) in [5.74, 6) is 1.83. The van der Waals surface area contributed by atoms with E-state index in [1.54, 1.807) is 0 Å². The van der Waals surface area contributed by atoms with Crippen LogP contribution < -0.4 is 9.47 Å². The highest BCUT2D eigenvalue weighted by Crippen LogP contribution is 2.38. The van der Waals surface area contributed by atoms with Gasteiger partial charge in [0.25, 0.3) is 0 Å². The number of carbonyl (C=O) groups excluding carboxylic acids is 1. The van der Waals surface area contributed by atoms with Crippen molar-refractivity contribution in [1.82, 2.24) is 0 Å². The van der Waals surface area contributed by atoms with Crippen molar-refractivity contribution in [1.29, 1.82) is 0 Å². The molecule has 0 aromatic heterocycles. The molecule has 1 aliphatic carbocycles. The summed E-state index contributed by atoms with van der Waals surface area (Å²) < 4.78 is 11.2. The van der Waals surface area contributed by atoms with E-state index in [1.165, 1.54) is 0 Å². The van der Waals surface area contributed by atoms with Gasteiger partial charge in [0.1, 0.15) is 13.2 Å². The van der Waals surface area contributed by atoms with Crippen LogP contribution in [-0.2, 0) is 6.42 Å². The van der Waals surface area contributed by atoms with Gasteiger partial charge in [-0.1, -0.05) is 24.3 Å². The number of hydrogen-bond acceptors (Lipinski definition) is 3. The van der Waals surface area contributed by atoms with Crippen molar-refractivity contribution in [2.24, 2.45) is 0 Å². The smallest absolute Gasteiger partial charge is 0.163 e. The van der Waals surface area contributed by atoms with Gasteiger partial charge >= 0.3 is 0 Å². The van der Waals surface area contributed by atoms with E-state index in [0.717, 1.165) is 40.2 Å². The highest BCUT2D eigenvalue weighted by molar-refractivity contribution is 6.02. The van der Waals surface area contributed by atoms with Gasteiger partial charge in [0.15, 0.2) is 17.3 Å². The number of ether oxygens (including phenoxy) is 2. The fraction of sp³-hybridized carbons (Fsp3) is 0.235. The van der Waals surface area contributed by atoms with Crippen LogP contribution in [0.25, 0.3) is 11.1 Å². The molecule has 2 aliphatic rings. The van der Waals surface area contributed by atoms with Crippen LogP contribution in [0, 0.1) is 0 Å². The zero-order valence-electron chi connectivity index (χ0n) is 11.0. The number of ketones is 1. The molecule has 3 nitrogen and oxygen atoms in total. The van der Waals surface area contributed by atoms with Crippen LogP contribution >= 0.6 is 0 Å². The third-order valence-electron chi connectivity index (χ3n) is 3.93. The fourth-order valence-corrected chi connectivity index (χ4v) is 2.97. The molecule has 0 atom stereocenters. The number of Topliss-reactive ketones (excluding diaryl/α,β-unsaturated/α-hetero) is 1. The van der Waals surface area contributed by atoms with Crippen LogP contribution in [0.15, 0.2) is 36.4 Å². The Morgan fingerprint density at radius 1 is 0.850 bits per heavy atom. The first-order valence-corrected chi connectivity index (χ1v) is 6.88. The van der Waals surface area contributed by atoms with Crippen molar-refractivity contribution in [2.45, 2.75) is 12.8 Å².